The first-order chi connectivity index (χ1) is 8.24. The molecule has 0 aromatic heterocycles. The van der Waals surface area contributed by atoms with Crippen molar-refractivity contribution < 1.29 is 4.79 Å². The number of urea groups is 1. The Hall–Kier alpha value is -0.730. The summed E-state index contributed by atoms with van der Waals surface area (Å²) in [6.07, 6.45) is 6.57. The number of fused-ring (bicyclic) bond motifs is 1. The molecule has 2 amide bonds. The van der Waals surface area contributed by atoms with E-state index in [0.29, 0.717) is 11.9 Å². The van der Waals surface area contributed by atoms with Crippen LogP contribution in [-0.2, 0) is 0 Å². The van der Waals surface area contributed by atoms with Crippen molar-refractivity contribution in [1.29, 1.82) is 0 Å². The lowest BCUT2D eigenvalue weighted by molar-refractivity contribution is 0.136. The van der Waals surface area contributed by atoms with Crippen molar-refractivity contribution in [1.82, 2.24) is 9.80 Å². The molecule has 3 rings (SSSR count). The number of nitrogens with zero attached hydrogens (tertiary/aromatic N) is 2. The fourth-order valence-corrected chi connectivity index (χ4v) is 3.95. The van der Waals surface area contributed by atoms with Crippen LogP contribution in [0.4, 0.5) is 4.79 Å². The molecule has 3 nitrogen and oxygen atoms in total. The molecule has 0 bridgehead atoms. The van der Waals surface area contributed by atoms with Gasteiger partial charge in [0.25, 0.3) is 0 Å². The van der Waals surface area contributed by atoms with Gasteiger partial charge in [0.1, 0.15) is 0 Å². The summed E-state index contributed by atoms with van der Waals surface area (Å²) >= 11 is 0. The third-order valence-electron chi connectivity index (χ3n) is 4.92. The van der Waals surface area contributed by atoms with Gasteiger partial charge in [-0.15, -0.1) is 0 Å². The maximum Gasteiger partial charge on any atom is 0.320 e. The summed E-state index contributed by atoms with van der Waals surface area (Å²) < 4.78 is 0. The topological polar surface area (TPSA) is 23.6 Å². The Morgan fingerprint density at radius 2 is 1.65 bits per heavy atom. The minimum absolute atomic E-state index is 0.325. The second-order valence-corrected chi connectivity index (χ2v) is 6.33. The lowest BCUT2D eigenvalue weighted by Gasteiger charge is -2.34. The third kappa shape index (κ3) is 2.16. The maximum atomic E-state index is 12.4. The first-order valence-electron chi connectivity index (χ1n) is 7.28. The summed E-state index contributed by atoms with van der Waals surface area (Å²) in [5.74, 6) is 2.33. The van der Waals surface area contributed by atoms with E-state index in [1.807, 2.05) is 0 Å². The van der Waals surface area contributed by atoms with Crippen LogP contribution in [0, 0.1) is 17.8 Å². The van der Waals surface area contributed by atoms with E-state index in [1.54, 1.807) is 0 Å². The smallest absolute Gasteiger partial charge is 0.320 e. The molecule has 3 unspecified atom stereocenters. The van der Waals surface area contributed by atoms with E-state index in [0.717, 1.165) is 38.0 Å². The van der Waals surface area contributed by atoms with Crippen LogP contribution < -0.4 is 0 Å². The van der Waals surface area contributed by atoms with Crippen LogP contribution in [0.5, 0.6) is 0 Å². The fourth-order valence-electron chi connectivity index (χ4n) is 3.95. The summed E-state index contributed by atoms with van der Waals surface area (Å²) in [4.78, 5) is 16.7. The zero-order valence-electron chi connectivity index (χ0n) is 10.9. The highest BCUT2D eigenvalue weighted by atomic mass is 16.2. The Labute approximate surface area is 104 Å². The molecule has 96 valence electrons. The molecule has 2 heterocycles. The first kappa shape index (κ1) is 11.4. The highest BCUT2D eigenvalue weighted by Crippen LogP contribution is 2.38. The largest absolute Gasteiger partial charge is 0.324 e. The lowest BCUT2D eigenvalue weighted by atomic mass is 10.0. The van der Waals surface area contributed by atoms with Gasteiger partial charge in [0, 0.05) is 26.2 Å². The lowest BCUT2D eigenvalue weighted by Crippen LogP contribution is -2.46. The minimum atomic E-state index is 0.325. The molecule has 0 aromatic carbocycles. The predicted molar refractivity (Wildman–Crippen MR) is 67.8 cm³/mol. The number of hydrogen-bond donors (Lipinski definition) is 0. The SMILES string of the molecule is CC1CCCN(C(=O)N2CC3CCCC3C2)C1. The standard InChI is InChI=1S/C14H24N2O/c1-11-4-3-7-15(8-11)14(17)16-9-12-5-2-6-13(12)10-16/h11-13H,2-10H2,1H3. The van der Waals surface area contributed by atoms with E-state index in [2.05, 4.69) is 16.7 Å². The number of likely N-dealkylation sites (tertiary alicyclic amines) is 2. The fraction of sp³-hybridized carbons (Fsp3) is 0.929. The van der Waals surface area contributed by atoms with E-state index in [9.17, 15) is 4.79 Å². The molecule has 3 atom stereocenters. The molecule has 17 heavy (non-hydrogen) atoms. The predicted octanol–water partition coefficient (Wildman–Crippen LogP) is 2.57. The Kier molecular flexibility index (Phi) is 3.01. The van der Waals surface area contributed by atoms with E-state index in [-0.39, 0.29) is 0 Å². The van der Waals surface area contributed by atoms with Crippen LogP contribution in [-0.4, -0.2) is 42.0 Å². The Morgan fingerprint density at radius 3 is 2.29 bits per heavy atom. The van der Waals surface area contributed by atoms with Crippen LogP contribution in [0.2, 0.25) is 0 Å². The molecular formula is C14H24N2O. The van der Waals surface area contributed by atoms with E-state index >= 15 is 0 Å². The highest BCUT2D eigenvalue weighted by Gasteiger charge is 2.39. The molecule has 2 aliphatic heterocycles. The van der Waals surface area contributed by atoms with Crippen LogP contribution in [0.1, 0.15) is 39.0 Å². The number of piperidine rings is 1. The van der Waals surface area contributed by atoms with Crippen molar-refractivity contribution in [2.24, 2.45) is 17.8 Å². The maximum absolute atomic E-state index is 12.4. The van der Waals surface area contributed by atoms with Gasteiger partial charge in [0.2, 0.25) is 0 Å². The van der Waals surface area contributed by atoms with E-state index in [1.165, 1.54) is 32.1 Å². The van der Waals surface area contributed by atoms with Crippen molar-refractivity contribution in [2.45, 2.75) is 39.0 Å². The van der Waals surface area contributed by atoms with Crippen molar-refractivity contribution >= 4 is 6.03 Å². The highest BCUT2D eigenvalue weighted by molar-refractivity contribution is 5.75. The molecule has 1 aliphatic carbocycles. The zero-order chi connectivity index (χ0) is 11.8. The number of amides is 2. The molecule has 3 heteroatoms. The summed E-state index contributed by atoms with van der Waals surface area (Å²) in [5, 5.41) is 0. The normalized spacial score (nSPS) is 37.4. The summed E-state index contributed by atoms with van der Waals surface area (Å²) in [6.45, 7) is 6.29. The second kappa shape index (κ2) is 4.51. The molecule has 0 radical (unpaired) electrons. The number of carbonyl (C=O) groups excluding carboxylic acids is 1. The summed E-state index contributed by atoms with van der Waals surface area (Å²) in [6, 6.07) is 0.325. The number of hydrogen-bond acceptors (Lipinski definition) is 1. The van der Waals surface area contributed by atoms with Gasteiger partial charge >= 0.3 is 6.03 Å². The van der Waals surface area contributed by atoms with Crippen molar-refractivity contribution in [2.75, 3.05) is 26.2 Å². The van der Waals surface area contributed by atoms with Gasteiger partial charge in [-0.25, -0.2) is 4.79 Å². The van der Waals surface area contributed by atoms with Gasteiger partial charge in [-0.2, -0.15) is 0 Å². The van der Waals surface area contributed by atoms with Crippen LogP contribution in [0.25, 0.3) is 0 Å². The van der Waals surface area contributed by atoms with Crippen LogP contribution in [0.3, 0.4) is 0 Å². The molecule has 1 saturated carbocycles. The average molecular weight is 236 g/mol. The van der Waals surface area contributed by atoms with Crippen molar-refractivity contribution in [3.8, 4) is 0 Å². The molecule has 0 aromatic rings. The summed E-state index contributed by atoms with van der Waals surface area (Å²) in [5.41, 5.74) is 0. The van der Waals surface area contributed by atoms with Crippen LogP contribution in [0.15, 0.2) is 0 Å². The number of carbonyl (C=O) groups is 1. The average Bonchev–Trinajstić information content (AvgIpc) is 2.88. The molecule has 2 saturated heterocycles. The minimum Gasteiger partial charge on any atom is -0.324 e. The Bertz CT molecular complexity index is 293. The number of rotatable bonds is 0. The second-order valence-electron chi connectivity index (χ2n) is 6.33. The monoisotopic (exact) mass is 236 g/mol. The molecule has 0 N–H and O–H groups in total. The molecule has 0 spiro atoms. The Balaban J connectivity index is 1.59. The summed E-state index contributed by atoms with van der Waals surface area (Å²) in [7, 11) is 0. The first-order valence-corrected chi connectivity index (χ1v) is 7.28. The van der Waals surface area contributed by atoms with Crippen molar-refractivity contribution in [3.05, 3.63) is 0 Å². The van der Waals surface area contributed by atoms with Gasteiger partial charge in [-0.1, -0.05) is 13.3 Å². The molecule has 3 aliphatic rings. The Morgan fingerprint density at radius 1 is 0.941 bits per heavy atom. The van der Waals surface area contributed by atoms with Gasteiger partial charge in [-0.3, -0.25) is 0 Å². The quantitative estimate of drug-likeness (QED) is 0.634. The molecular weight excluding hydrogens is 212 g/mol. The van der Waals surface area contributed by atoms with E-state index < -0.39 is 0 Å². The molecule has 3 fully saturated rings. The van der Waals surface area contributed by atoms with Gasteiger partial charge in [0.15, 0.2) is 0 Å². The van der Waals surface area contributed by atoms with Crippen molar-refractivity contribution in [3.63, 3.8) is 0 Å². The van der Waals surface area contributed by atoms with Gasteiger partial charge < -0.3 is 9.80 Å². The van der Waals surface area contributed by atoms with Crippen LogP contribution >= 0.6 is 0 Å². The third-order valence-corrected chi connectivity index (χ3v) is 4.92. The zero-order valence-corrected chi connectivity index (χ0v) is 10.9. The van der Waals surface area contributed by atoms with Gasteiger partial charge in [0.05, 0.1) is 0 Å². The van der Waals surface area contributed by atoms with Gasteiger partial charge in [-0.05, 0) is 43.4 Å². The van der Waals surface area contributed by atoms with E-state index in [4.69, 9.17) is 0 Å².